The van der Waals surface area contributed by atoms with E-state index in [0.717, 1.165) is 6.07 Å². The molecule has 6 nitrogen and oxygen atoms in total. The average molecular weight is 418 g/mol. The molecule has 0 amide bonds. The van der Waals surface area contributed by atoms with Crippen LogP contribution in [-0.2, 0) is 0 Å². The first kappa shape index (κ1) is 20.2. The van der Waals surface area contributed by atoms with E-state index in [1.807, 2.05) is 17.0 Å². The number of nitrogens with one attached hydrogen (secondary N) is 1. The minimum Gasteiger partial charge on any atom is -0.496 e. The Hall–Kier alpha value is -3.07. The quantitative estimate of drug-likeness (QED) is 0.655. The smallest absolute Gasteiger partial charge is 0.318 e. The Morgan fingerprint density at radius 3 is 2.63 bits per heavy atom. The molecule has 1 fully saturated rings. The summed E-state index contributed by atoms with van der Waals surface area (Å²) in [7, 11) is 3.02. The van der Waals surface area contributed by atoms with Gasteiger partial charge in [0.15, 0.2) is 11.6 Å². The summed E-state index contributed by atoms with van der Waals surface area (Å²) >= 11 is 0. The van der Waals surface area contributed by atoms with Crippen molar-refractivity contribution in [3.05, 3.63) is 52.8 Å². The molecule has 0 spiro atoms. The first-order valence-electron chi connectivity index (χ1n) is 9.45. The van der Waals surface area contributed by atoms with E-state index in [-0.39, 0.29) is 23.7 Å². The molecule has 0 radical (unpaired) electrons. The fourth-order valence-corrected chi connectivity index (χ4v) is 3.71. The van der Waals surface area contributed by atoms with Crippen molar-refractivity contribution in [2.24, 2.45) is 0 Å². The number of rotatable bonds is 4. The van der Waals surface area contributed by atoms with Gasteiger partial charge in [0.25, 0.3) is 0 Å². The highest BCUT2D eigenvalue weighted by molar-refractivity contribution is 5.95. The van der Waals surface area contributed by atoms with Gasteiger partial charge in [-0.15, -0.1) is 0 Å². The summed E-state index contributed by atoms with van der Waals surface area (Å²) in [6.07, 6.45) is 0. The Morgan fingerprint density at radius 2 is 1.90 bits per heavy atom. The van der Waals surface area contributed by atoms with Crippen molar-refractivity contribution >= 4 is 16.7 Å². The second kappa shape index (κ2) is 7.98. The number of piperazine rings is 1. The topological polar surface area (TPSA) is 59.5 Å². The fraction of sp³-hybridized carbons (Fsp3) is 0.333. The average Bonchev–Trinajstić information content (AvgIpc) is 2.78. The van der Waals surface area contributed by atoms with Crippen molar-refractivity contribution in [3.8, 4) is 11.8 Å². The summed E-state index contributed by atoms with van der Waals surface area (Å²) in [6, 6.07) is 6.02. The zero-order valence-electron chi connectivity index (χ0n) is 16.8. The van der Waals surface area contributed by atoms with Crippen molar-refractivity contribution in [3.63, 3.8) is 0 Å². The SMILES string of the molecule is COc1nc(N2CCNC(c3cc(F)c(C)c(F)c3F)C2)c2c(OC)cccc2n1. The van der Waals surface area contributed by atoms with Crippen LogP contribution in [0.25, 0.3) is 10.9 Å². The van der Waals surface area contributed by atoms with Crippen molar-refractivity contribution in [1.82, 2.24) is 15.3 Å². The molecule has 0 aliphatic carbocycles. The summed E-state index contributed by atoms with van der Waals surface area (Å²) < 4.78 is 53.5. The van der Waals surface area contributed by atoms with Crippen molar-refractivity contribution < 1.29 is 22.6 Å². The molecule has 2 aromatic carbocycles. The minimum atomic E-state index is -1.17. The van der Waals surface area contributed by atoms with Gasteiger partial charge in [-0.2, -0.15) is 9.97 Å². The molecule has 3 aromatic rings. The molecule has 1 atom stereocenters. The fourth-order valence-electron chi connectivity index (χ4n) is 3.71. The van der Waals surface area contributed by atoms with Gasteiger partial charge < -0.3 is 19.7 Å². The van der Waals surface area contributed by atoms with Gasteiger partial charge >= 0.3 is 6.01 Å². The highest BCUT2D eigenvalue weighted by Gasteiger charge is 2.29. The van der Waals surface area contributed by atoms with Crippen molar-refractivity contribution in [2.75, 3.05) is 38.8 Å². The molecule has 1 aromatic heterocycles. The van der Waals surface area contributed by atoms with E-state index < -0.39 is 23.5 Å². The normalized spacial score (nSPS) is 16.7. The van der Waals surface area contributed by atoms with Crippen LogP contribution in [0.1, 0.15) is 17.2 Å². The second-order valence-corrected chi connectivity index (χ2v) is 7.04. The summed E-state index contributed by atoms with van der Waals surface area (Å²) in [5, 5.41) is 3.82. The first-order chi connectivity index (χ1) is 14.4. The summed E-state index contributed by atoms with van der Waals surface area (Å²) in [4.78, 5) is 10.8. The van der Waals surface area contributed by atoms with Gasteiger partial charge in [0.05, 0.1) is 31.2 Å². The van der Waals surface area contributed by atoms with Gasteiger partial charge in [0.1, 0.15) is 17.4 Å². The number of fused-ring (bicyclic) bond motifs is 1. The van der Waals surface area contributed by atoms with Crippen LogP contribution < -0.4 is 19.7 Å². The number of benzene rings is 2. The molecule has 9 heteroatoms. The Morgan fingerprint density at radius 1 is 1.10 bits per heavy atom. The maximum Gasteiger partial charge on any atom is 0.318 e. The number of nitrogens with zero attached hydrogens (tertiary/aromatic N) is 3. The molecule has 4 rings (SSSR count). The van der Waals surface area contributed by atoms with Gasteiger partial charge in [-0.3, -0.25) is 0 Å². The third kappa shape index (κ3) is 3.39. The minimum absolute atomic E-state index is 0.0578. The van der Waals surface area contributed by atoms with Gasteiger partial charge in [-0.25, -0.2) is 13.2 Å². The molecule has 2 heterocycles. The third-order valence-electron chi connectivity index (χ3n) is 5.31. The number of ether oxygens (including phenoxy) is 2. The summed E-state index contributed by atoms with van der Waals surface area (Å²) in [5.41, 5.74) is 0.239. The lowest BCUT2D eigenvalue weighted by Gasteiger charge is -2.35. The Labute approximate surface area is 171 Å². The zero-order chi connectivity index (χ0) is 21.4. The van der Waals surface area contributed by atoms with E-state index in [1.165, 1.54) is 14.0 Å². The lowest BCUT2D eigenvalue weighted by atomic mass is 10.0. The highest BCUT2D eigenvalue weighted by atomic mass is 19.2. The third-order valence-corrected chi connectivity index (χ3v) is 5.31. The number of methoxy groups -OCH3 is 2. The monoisotopic (exact) mass is 418 g/mol. The number of anilines is 1. The van der Waals surface area contributed by atoms with Gasteiger partial charge in [-0.05, 0) is 25.1 Å². The molecule has 1 unspecified atom stereocenters. The largest absolute Gasteiger partial charge is 0.496 e. The van der Waals surface area contributed by atoms with Crippen LogP contribution in [0.15, 0.2) is 24.3 Å². The van der Waals surface area contributed by atoms with Gasteiger partial charge in [-0.1, -0.05) is 6.07 Å². The van der Waals surface area contributed by atoms with E-state index in [2.05, 4.69) is 15.3 Å². The van der Waals surface area contributed by atoms with Crippen LogP contribution in [0, 0.1) is 24.4 Å². The number of halogens is 3. The molecule has 0 saturated carbocycles. The van der Waals surface area contributed by atoms with E-state index in [1.54, 1.807) is 13.2 Å². The zero-order valence-corrected chi connectivity index (χ0v) is 16.8. The number of hydrogen-bond donors (Lipinski definition) is 1. The van der Waals surface area contributed by atoms with E-state index >= 15 is 0 Å². The second-order valence-electron chi connectivity index (χ2n) is 7.04. The maximum absolute atomic E-state index is 14.6. The van der Waals surface area contributed by atoms with Crippen LogP contribution in [-0.4, -0.2) is 43.8 Å². The molecular formula is C21H21F3N4O2. The van der Waals surface area contributed by atoms with Crippen LogP contribution in [0.2, 0.25) is 0 Å². The first-order valence-corrected chi connectivity index (χ1v) is 9.45. The van der Waals surface area contributed by atoms with Gasteiger partial charge in [0.2, 0.25) is 0 Å². The number of hydrogen-bond acceptors (Lipinski definition) is 6. The predicted molar refractivity (Wildman–Crippen MR) is 107 cm³/mol. The Kier molecular flexibility index (Phi) is 5.38. The molecule has 1 N–H and O–H groups in total. The van der Waals surface area contributed by atoms with Gasteiger partial charge in [0, 0.05) is 30.8 Å². The van der Waals surface area contributed by atoms with E-state index in [4.69, 9.17) is 9.47 Å². The lowest BCUT2D eigenvalue weighted by molar-refractivity contribution is 0.379. The highest BCUT2D eigenvalue weighted by Crippen LogP contribution is 2.35. The van der Waals surface area contributed by atoms with Crippen molar-refractivity contribution in [1.29, 1.82) is 0 Å². The molecule has 158 valence electrons. The molecule has 30 heavy (non-hydrogen) atoms. The Bertz CT molecular complexity index is 1110. The molecule has 1 aliphatic rings. The molecule has 0 bridgehead atoms. The van der Waals surface area contributed by atoms with E-state index in [0.29, 0.717) is 35.6 Å². The number of aromatic nitrogens is 2. The van der Waals surface area contributed by atoms with Crippen molar-refractivity contribution in [2.45, 2.75) is 13.0 Å². The van der Waals surface area contributed by atoms with E-state index in [9.17, 15) is 13.2 Å². The van der Waals surface area contributed by atoms with Crippen LogP contribution in [0.4, 0.5) is 19.0 Å². The molecular weight excluding hydrogens is 397 g/mol. The maximum atomic E-state index is 14.6. The predicted octanol–water partition coefficient (Wildman–Crippen LogP) is 3.52. The standard InChI is InChI=1S/C21H21F3N4O2/c1-11-13(22)9-12(19(24)18(11)23)15-10-28(8-7-25-15)20-17-14(26-21(27-20)30-3)5-4-6-16(17)29-2/h4-6,9,15,25H,7-8,10H2,1-3H3. The molecule has 1 aliphatic heterocycles. The van der Waals surface area contributed by atoms with Crippen LogP contribution in [0.3, 0.4) is 0 Å². The lowest BCUT2D eigenvalue weighted by Crippen LogP contribution is -2.46. The summed E-state index contributed by atoms with van der Waals surface area (Å²) in [5.74, 6) is -1.86. The Balaban J connectivity index is 1.78. The van der Waals surface area contributed by atoms with Crippen LogP contribution in [0.5, 0.6) is 11.8 Å². The van der Waals surface area contributed by atoms with Crippen LogP contribution >= 0.6 is 0 Å². The molecule has 1 saturated heterocycles. The summed E-state index contributed by atoms with van der Waals surface area (Å²) in [6.45, 7) is 2.46.